The molecule has 4 heteroatoms. The van der Waals surface area contributed by atoms with Crippen LogP contribution in [0.5, 0.6) is 5.75 Å². The molecule has 4 nitrogen and oxygen atoms in total. The number of ether oxygens (including phenoxy) is 1. The van der Waals surface area contributed by atoms with E-state index in [1.807, 2.05) is 30.5 Å². The Morgan fingerprint density at radius 1 is 0.909 bits per heavy atom. The van der Waals surface area contributed by atoms with E-state index < -0.39 is 0 Å². The third-order valence-electron chi connectivity index (χ3n) is 3.88. The molecule has 1 heterocycles. The Balaban J connectivity index is 1.59. The first-order chi connectivity index (χ1) is 10.9. The van der Waals surface area contributed by atoms with Crippen molar-refractivity contribution in [3.63, 3.8) is 0 Å². The van der Waals surface area contributed by atoms with E-state index in [0.29, 0.717) is 0 Å². The van der Waals surface area contributed by atoms with E-state index in [2.05, 4.69) is 45.3 Å². The minimum Gasteiger partial charge on any atom is -0.496 e. The van der Waals surface area contributed by atoms with Gasteiger partial charge in [0.25, 0.3) is 0 Å². The lowest BCUT2D eigenvalue weighted by Gasteiger charge is -2.34. The molecule has 0 amide bonds. The molecule has 0 atom stereocenters. The molecular formula is C18H21N3O. The van der Waals surface area contributed by atoms with Crippen molar-refractivity contribution in [2.24, 2.45) is 5.10 Å². The number of para-hydroxylation sites is 2. The Morgan fingerprint density at radius 2 is 1.59 bits per heavy atom. The standard InChI is InChI=1S/C18H21N3O/c1-22-18-10-6-5-7-16(18)15-19-21-13-11-20(12-14-21)17-8-3-2-4-9-17/h2-10,15H,11-14H2,1H3/b19-15-. The Bertz CT molecular complexity index is 619. The maximum Gasteiger partial charge on any atom is 0.127 e. The summed E-state index contributed by atoms with van der Waals surface area (Å²) in [5.41, 5.74) is 2.30. The summed E-state index contributed by atoms with van der Waals surface area (Å²) in [6.45, 7) is 3.85. The molecule has 1 aliphatic rings. The molecule has 1 saturated heterocycles. The largest absolute Gasteiger partial charge is 0.496 e. The normalized spacial score (nSPS) is 15.3. The summed E-state index contributed by atoms with van der Waals surface area (Å²) in [5, 5.41) is 6.71. The number of rotatable bonds is 4. The van der Waals surface area contributed by atoms with Crippen LogP contribution in [0.1, 0.15) is 5.56 Å². The highest BCUT2D eigenvalue weighted by Crippen LogP contribution is 2.17. The van der Waals surface area contributed by atoms with Gasteiger partial charge in [-0.15, -0.1) is 0 Å². The van der Waals surface area contributed by atoms with Crippen molar-refractivity contribution < 1.29 is 4.74 Å². The highest BCUT2D eigenvalue weighted by atomic mass is 16.5. The molecule has 2 aromatic rings. The number of hydrogen-bond acceptors (Lipinski definition) is 4. The molecule has 0 aliphatic carbocycles. The van der Waals surface area contributed by atoms with Crippen molar-refractivity contribution in [1.29, 1.82) is 0 Å². The van der Waals surface area contributed by atoms with E-state index >= 15 is 0 Å². The first-order valence-electron chi connectivity index (χ1n) is 7.59. The zero-order chi connectivity index (χ0) is 15.2. The van der Waals surface area contributed by atoms with Crippen molar-refractivity contribution >= 4 is 11.9 Å². The van der Waals surface area contributed by atoms with Crippen LogP contribution in [-0.2, 0) is 0 Å². The summed E-state index contributed by atoms with van der Waals surface area (Å²) in [6.07, 6.45) is 1.89. The highest BCUT2D eigenvalue weighted by molar-refractivity contribution is 5.83. The summed E-state index contributed by atoms with van der Waals surface area (Å²) in [4.78, 5) is 2.40. The first kappa shape index (κ1) is 14.4. The molecule has 0 unspecified atom stereocenters. The van der Waals surface area contributed by atoms with Gasteiger partial charge in [-0.3, -0.25) is 5.01 Å². The van der Waals surface area contributed by atoms with Gasteiger partial charge in [0, 0.05) is 24.3 Å². The minimum atomic E-state index is 0.856. The van der Waals surface area contributed by atoms with Crippen LogP contribution in [0.25, 0.3) is 0 Å². The molecule has 1 fully saturated rings. The van der Waals surface area contributed by atoms with E-state index in [4.69, 9.17) is 4.74 Å². The quantitative estimate of drug-likeness (QED) is 0.812. The van der Waals surface area contributed by atoms with Crippen LogP contribution in [0.15, 0.2) is 59.7 Å². The molecule has 2 aromatic carbocycles. The topological polar surface area (TPSA) is 28.1 Å². The number of benzene rings is 2. The van der Waals surface area contributed by atoms with E-state index in [9.17, 15) is 0 Å². The van der Waals surface area contributed by atoms with Gasteiger partial charge in [-0.25, -0.2) is 0 Å². The van der Waals surface area contributed by atoms with Gasteiger partial charge in [0.15, 0.2) is 0 Å². The Labute approximate surface area is 131 Å². The lowest BCUT2D eigenvalue weighted by Crippen LogP contribution is -2.44. The number of piperazine rings is 1. The van der Waals surface area contributed by atoms with Gasteiger partial charge in [0.05, 0.1) is 26.4 Å². The lowest BCUT2D eigenvalue weighted by molar-refractivity contribution is 0.272. The zero-order valence-corrected chi connectivity index (χ0v) is 12.9. The van der Waals surface area contributed by atoms with Crippen molar-refractivity contribution in [3.8, 4) is 5.75 Å². The zero-order valence-electron chi connectivity index (χ0n) is 12.9. The molecule has 3 rings (SSSR count). The van der Waals surface area contributed by atoms with Gasteiger partial charge in [0.2, 0.25) is 0 Å². The van der Waals surface area contributed by atoms with E-state index in [1.54, 1.807) is 7.11 Å². The first-order valence-corrected chi connectivity index (χ1v) is 7.59. The molecule has 0 bridgehead atoms. The SMILES string of the molecule is COc1ccccc1/C=N\N1CCN(c2ccccc2)CC1. The maximum atomic E-state index is 5.34. The number of nitrogens with zero attached hydrogens (tertiary/aromatic N) is 3. The number of methoxy groups -OCH3 is 1. The van der Waals surface area contributed by atoms with Crippen LogP contribution in [0, 0.1) is 0 Å². The number of anilines is 1. The molecule has 1 aliphatic heterocycles. The summed E-state index contributed by atoms with van der Waals surface area (Å²) in [5.74, 6) is 0.856. The Morgan fingerprint density at radius 3 is 2.32 bits per heavy atom. The predicted molar refractivity (Wildman–Crippen MR) is 90.8 cm³/mol. The molecule has 0 aromatic heterocycles. The summed E-state index contributed by atoms with van der Waals surface area (Å²) >= 11 is 0. The molecule has 0 radical (unpaired) electrons. The van der Waals surface area contributed by atoms with Crippen LogP contribution in [-0.4, -0.2) is 44.5 Å². The lowest BCUT2D eigenvalue weighted by atomic mass is 10.2. The second kappa shape index (κ2) is 6.98. The average molecular weight is 295 g/mol. The van der Waals surface area contributed by atoms with Gasteiger partial charge in [-0.2, -0.15) is 5.10 Å². The van der Waals surface area contributed by atoms with Crippen LogP contribution in [0.4, 0.5) is 5.69 Å². The highest BCUT2D eigenvalue weighted by Gasteiger charge is 2.15. The summed E-state index contributed by atoms with van der Waals surface area (Å²) < 4.78 is 5.34. The molecule has 0 N–H and O–H groups in total. The van der Waals surface area contributed by atoms with Crippen LogP contribution in [0.2, 0.25) is 0 Å². The van der Waals surface area contributed by atoms with Crippen LogP contribution >= 0.6 is 0 Å². The van der Waals surface area contributed by atoms with Gasteiger partial charge >= 0.3 is 0 Å². The molecule has 0 saturated carbocycles. The molecule has 22 heavy (non-hydrogen) atoms. The van der Waals surface area contributed by atoms with Crippen molar-refractivity contribution in [3.05, 3.63) is 60.2 Å². The van der Waals surface area contributed by atoms with Gasteiger partial charge in [-0.05, 0) is 24.3 Å². The van der Waals surface area contributed by atoms with Crippen LogP contribution in [0.3, 0.4) is 0 Å². The maximum absolute atomic E-state index is 5.34. The van der Waals surface area contributed by atoms with E-state index in [0.717, 1.165) is 37.5 Å². The van der Waals surface area contributed by atoms with Gasteiger partial charge in [0.1, 0.15) is 5.75 Å². The fourth-order valence-corrected chi connectivity index (χ4v) is 2.63. The van der Waals surface area contributed by atoms with Gasteiger partial charge < -0.3 is 9.64 Å². The van der Waals surface area contributed by atoms with Crippen molar-refractivity contribution in [1.82, 2.24) is 5.01 Å². The third kappa shape index (κ3) is 3.39. The summed E-state index contributed by atoms with van der Waals surface area (Å²) in [7, 11) is 1.69. The second-order valence-electron chi connectivity index (χ2n) is 5.26. The number of hydrogen-bond donors (Lipinski definition) is 0. The Kier molecular flexibility index (Phi) is 4.59. The number of hydrazone groups is 1. The van der Waals surface area contributed by atoms with Crippen LogP contribution < -0.4 is 9.64 Å². The minimum absolute atomic E-state index is 0.856. The average Bonchev–Trinajstić information content (AvgIpc) is 2.61. The van der Waals surface area contributed by atoms with E-state index in [1.165, 1.54) is 5.69 Å². The van der Waals surface area contributed by atoms with Crippen molar-refractivity contribution in [2.45, 2.75) is 0 Å². The van der Waals surface area contributed by atoms with E-state index in [-0.39, 0.29) is 0 Å². The Hall–Kier alpha value is -2.49. The van der Waals surface area contributed by atoms with Gasteiger partial charge in [-0.1, -0.05) is 30.3 Å². The molecule has 0 spiro atoms. The molecule has 114 valence electrons. The predicted octanol–water partition coefficient (Wildman–Crippen LogP) is 2.85. The second-order valence-corrected chi connectivity index (χ2v) is 5.26. The van der Waals surface area contributed by atoms with Crippen molar-refractivity contribution in [2.75, 3.05) is 38.2 Å². The fraction of sp³-hybridized carbons (Fsp3) is 0.278. The third-order valence-corrected chi connectivity index (χ3v) is 3.88. The fourth-order valence-electron chi connectivity index (χ4n) is 2.63. The summed E-state index contributed by atoms with van der Waals surface area (Å²) in [6, 6.07) is 18.5. The molecular weight excluding hydrogens is 274 g/mol. The smallest absolute Gasteiger partial charge is 0.127 e. The monoisotopic (exact) mass is 295 g/mol.